The van der Waals surface area contributed by atoms with Crippen LogP contribution in [0.3, 0.4) is 0 Å². The molecule has 0 saturated heterocycles. The SMILES string of the molecule is CCCn1cc(OCc2cc(C(=O)O)oc2C)cn1. The first-order valence-corrected chi connectivity index (χ1v) is 6.08. The number of furan rings is 1. The van der Waals surface area contributed by atoms with Crippen LogP contribution < -0.4 is 4.74 Å². The van der Waals surface area contributed by atoms with Crippen molar-refractivity contribution in [1.29, 1.82) is 0 Å². The zero-order chi connectivity index (χ0) is 13.8. The number of ether oxygens (including phenoxy) is 1. The average Bonchev–Trinajstić information content (AvgIpc) is 2.94. The molecule has 0 aliphatic carbocycles. The minimum atomic E-state index is -1.08. The van der Waals surface area contributed by atoms with Crippen LogP contribution in [0, 0.1) is 6.92 Å². The lowest BCUT2D eigenvalue weighted by Gasteiger charge is -2.01. The van der Waals surface area contributed by atoms with E-state index in [1.807, 2.05) is 6.20 Å². The maximum Gasteiger partial charge on any atom is 0.371 e. The van der Waals surface area contributed by atoms with Gasteiger partial charge in [-0.2, -0.15) is 5.10 Å². The second-order valence-electron chi connectivity index (χ2n) is 4.23. The van der Waals surface area contributed by atoms with E-state index in [0.29, 0.717) is 11.5 Å². The molecule has 0 aliphatic rings. The van der Waals surface area contributed by atoms with Crippen molar-refractivity contribution in [2.75, 3.05) is 0 Å². The van der Waals surface area contributed by atoms with Crippen molar-refractivity contribution >= 4 is 5.97 Å². The van der Waals surface area contributed by atoms with Gasteiger partial charge in [0.2, 0.25) is 5.76 Å². The number of aryl methyl sites for hydroxylation is 2. The highest BCUT2D eigenvalue weighted by Crippen LogP contribution is 2.18. The molecule has 1 N–H and O–H groups in total. The summed E-state index contributed by atoms with van der Waals surface area (Å²) in [7, 11) is 0. The van der Waals surface area contributed by atoms with Gasteiger partial charge in [-0.3, -0.25) is 4.68 Å². The van der Waals surface area contributed by atoms with Gasteiger partial charge >= 0.3 is 5.97 Å². The first-order valence-electron chi connectivity index (χ1n) is 6.08. The fraction of sp³-hybridized carbons (Fsp3) is 0.385. The van der Waals surface area contributed by atoms with E-state index in [1.165, 1.54) is 6.07 Å². The van der Waals surface area contributed by atoms with Crippen molar-refractivity contribution < 1.29 is 19.1 Å². The zero-order valence-electron chi connectivity index (χ0n) is 10.9. The second kappa shape index (κ2) is 5.60. The zero-order valence-corrected chi connectivity index (χ0v) is 10.9. The van der Waals surface area contributed by atoms with Gasteiger partial charge in [0.05, 0.1) is 12.4 Å². The summed E-state index contributed by atoms with van der Waals surface area (Å²) in [6.45, 7) is 4.90. The molecule has 0 bridgehead atoms. The quantitative estimate of drug-likeness (QED) is 0.867. The van der Waals surface area contributed by atoms with E-state index in [2.05, 4.69) is 12.0 Å². The molecule has 0 unspecified atom stereocenters. The molecular weight excluding hydrogens is 248 g/mol. The Morgan fingerprint density at radius 2 is 2.37 bits per heavy atom. The van der Waals surface area contributed by atoms with E-state index < -0.39 is 5.97 Å². The molecule has 2 rings (SSSR count). The fourth-order valence-electron chi connectivity index (χ4n) is 1.70. The number of carboxylic acid groups (broad SMARTS) is 1. The smallest absolute Gasteiger partial charge is 0.371 e. The lowest BCUT2D eigenvalue weighted by atomic mass is 10.2. The predicted octanol–water partition coefficient (Wildman–Crippen LogP) is 2.47. The summed E-state index contributed by atoms with van der Waals surface area (Å²) in [6.07, 6.45) is 4.46. The van der Waals surface area contributed by atoms with Crippen LogP contribution in [0.2, 0.25) is 0 Å². The Kier molecular flexibility index (Phi) is 3.89. The van der Waals surface area contributed by atoms with Gasteiger partial charge < -0.3 is 14.3 Å². The number of carboxylic acids is 1. The average molecular weight is 264 g/mol. The van der Waals surface area contributed by atoms with Crippen LogP contribution in [0.5, 0.6) is 5.75 Å². The Hall–Kier alpha value is -2.24. The molecule has 0 spiro atoms. The van der Waals surface area contributed by atoms with Crippen LogP contribution in [-0.4, -0.2) is 20.9 Å². The highest BCUT2D eigenvalue weighted by Gasteiger charge is 2.13. The summed E-state index contributed by atoms with van der Waals surface area (Å²) in [5.74, 6) is 0.0622. The summed E-state index contributed by atoms with van der Waals surface area (Å²) in [6, 6.07) is 1.48. The summed E-state index contributed by atoms with van der Waals surface area (Å²) < 4.78 is 12.5. The molecule has 0 atom stereocenters. The first kappa shape index (κ1) is 13.2. The molecule has 6 heteroatoms. The lowest BCUT2D eigenvalue weighted by molar-refractivity contribution is 0.0661. The van der Waals surface area contributed by atoms with Crippen LogP contribution in [0.25, 0.3) is 0 Å². The predicted molar refractivity (Wildman–Crippen MR) is 67.3 cm³/mol. The van der Waals surface area contributed by atoms with Crippen molar-refractivity contribution in [2.45, 2.75) is 33.4 Å². The number of aromatic nitrogens is 2. The van der Waals surface area contributed by atoms with Gasteiger partial charge in [-0.1, -0.05) is 6.92 Å². The lowest BCUT2D eigenvalue weighted by Crippen LogP contribution is -1.97. The van der Waals surface area contributed by atoms with Crippen LogP contribution >= 0.6 is 0 Å². The molecule has 0 amide bonds. The maximum atomic E-state index is 10.8. The highest BCUT2D eigenvalue weighted by molar-refractivity contribution is 5.84. The molecule has 0 aromatic carbocycles. The third kappa shape index (κ3) is 3.15. The van der Waals surface area contributed by atoms with Gasteiger partial charge in [-0.25, -0.2) is 4.79 Å². The number of carbonyl (C=O) groups is 1. The normalized spacial score (nSPS) is 10.6. The monoisotopic (exact) mass is 264 g/mol. The second-order valence-corrected chi connectivity index (χ2v) is 4.23. The van der Waals surface area contributed by atoms with E-state index >= 15 is 0 Å². The van der Waals surface area contributed by atoms with Crippen molar-refractivity contribution in [3.8, 4) is 5.75 Å². The highest BCUT2D eigenvalue weighted by atomic mass is 16.5. The van der Waals surface area contributed by atoms with Crippen LogP contribution in [0.15, 0.2) is 22.9 Å². The summed E-state index contributed by atoms with van der Waals surface area (Å²) in [5, 5.41) is 13.0. The molecule has 2 aromatic rings. The molecular formula is C13H16N2O4. The van der Waals surface area contributed by atoms with Gasteiger partial charge in [-0.05, 0) is 19.4 Å². The summed E-state index contributed by atoms with van der Waals surface area (Å²) in [4.78, 5) is 10.8. The van der Waals surface area contributed by atoms with Gasteiger partial charge in [0, 0.05) is 12.1 Å². The number of nitrogens with zero attached hydrogens (tertiary/aromatic N) is 2. The number of hydrogen-bond donors (Lipinski definition) is 1. The Bertz CT molecular complexity index is 571. The minimum Gasteiger partial charge on any atom is -0.485 e. The standard InChI is InChI=1S/C13H16N2O4/c1-3-4-15-7-11(6-14-15)18-8-10-5-12(13(16)17)19-9(10)2/h5-7H,3-4,8H2,1-2H3,(H,16,17). The van der Waals surface area contributed by atoms with E-state index in [4.69, 9.17) is 14.3 Å². The molecule has 0 fully saturated rings. The Morgan fingerprint density at radius 3 is 3.00 bits per heavy atom. The molecule has 0 radical (unpaired) electrons. The van der Waals surface area contributed by atoms with Crippen molar-refractivity contribution in [3.63, 3.8) is 0 Å². The third-order valence-corrected chi connectivity index (χ3v) is 2.69. The van der Waals surface area contributed by atoms with Gasteiger partial charge in [-0.15, -0.1) is 0 Å². The molecule has 6 nitrogen and oxygen atoms in total. The van der Waals surface area contributed by atoms with Crippen molar-refractivity contribution in [3.05, 3.63) is 35.5 Å². The van der Waals surface area contributed by atoms with Crippen LogP contribution in [0.4, 0.5) is 0 Å². The number of rotatable bonds is 6. The topological polar surface area (TPSA) is 77.5 Å². The number of aromatic carboxylic acids is 1. The van der Waals surface area contributed by atoms with Crippen LogP contribution in [-0.2, 0) is 13.2 Å². The largest absolute Gasteiger partial charge is 0.485 e. The molecule has 2 aromatic heterocycles. The van der Waals surface area contributed by atoms with E-state index in [1.54, 1.807) is 17.8 Å². The van der Waals surface area contributed by atoms with Crippen LogP contribution in [0.1, 0.15) is 35.2 Å². The molecule has 2 heterocycles. The molecule has 0 saturated carbocycles. The van der Waals surface area contributed by atoms with E-state index in [0.717, 1.165) is 18.5 Å². The fourth-order valence-corrected chi connectivity index (χ4v) is 1.70. The Balaban J connectivity index is 1.99. The molecule has 19 heavy (non-hydrogen) atoms. The molecule has 102 valence electrons. The van der Waals surface area contributed by atoms with Gasteiger partial charge in [0.25, 0.3) is 0 Å². The van der Waals surface area contributed by atoms with Gasteiger partial charge in [0.15, 0.2) is 5.75 Å². The summed E-state index contributed by atoms with van der Waals surface area (Å²) >= 11 is 0. The van der Waals surface area contributed by atoms with Gasteiger partial charge in [0.1, 0.15) is 12.4 Å². The summed E-state index contributed by atoms with van der Waals surface area (Å²) in [5.41, 5.74) is 0.723. The Morgan fingerprint density at radius 1 is 1.58 bits per heavy atom. The van der Waals surface area contributed by atoms with Crippen molar-refractivity contribution in [1.82, 2.24) is 9.78 Å². The van der Waals surface area contributed by atoms with E-state index in [9.17, 15) is 4.79 Å². The first-order chi connectivity index (χ1) is 9.10. The molecule has 0 aliphatic heterocycles. The van der Waals surface area contributed by atoms with E-state index in [-0.39, 0.29) is 12.4 Å². The third-order valence-electron chi connectivity index (χ3n) is 2.69. The Labute approximate surface area is 110 Å². The van der Waals surface area contributed by atoms with Crippen molar-refractivity contribution in [2.24, 2.45) is 0 Å². The minimum absolute atomic E-state index is 0.0715. The number of hydrogen-bond acceptors (Lipinski definition) is 4. The maximum absolute atomic E-state index is 10.8.